The number of carbonyl (C=O) groups excluding carboxylic acids is 2. The minimum atomic E-state index is 0.0309. The van der Waals surface area contributed by atoms with Crippen LogP contribution in [-0.4, -0.2) is 48.4 Å². The third-order valence-electron chi connectivity index (χ3n) is 4.97. The summed E-state index contributed by atoms with van der Waals surface area (Å²) in [6.45, 7) is 7.66. The fourth-order valence-corrected chi connectivity index (χ4v) is 3.09. The minimum Gasteiger partial charge on any atom is -0.352 e. The van der Waals surface area contributed by atoms with Crippen molar-refractivity contribution in [2.24, 2.45) is 0 Å². The van der Waals surface area contributed by atoms with Crippen LogP contribution >= 0.6 is 0 Å². The Bertz CT molecular complexity index is 539. The topological polar surface area (TPSA) is 61.4 Å². The van der Waals surface area contributed by atoms with Crippen molar-refractivity contribution in [2.45, 2.75) is 51.6 Å². The highest BCUT2D eigenvalue weighted by molar-refractivity contribution is 5.78. The maximum atomic E-state index is 12.1. The molecule has 0 aliphatic carbocycles. The Morgan fingerprint density at radius 1 is 1.17 bits per heavy atom. The van der Waals surface area contributed by atoms with E-state index in [0.717, 1.165) is 25.9 Å². The van der Waals surface area contributed by atoms with Crippen molar-refractivity contribution >= 4 is 11.8 Å². The maximum Gasteiger partial charge on any atom is 0.234 e. The molecule has 2 rings (SSSR count). The summed E-state index contributed by atoms with van der Waals surface area (Å²) in [7, 11) is 0. The summed E-state index contributed by atoms with van der Waals surface area (Å²) >= 11 is 0. The number of likely N-dealkylation sites (tertiary alicyclic amines) is 1. The molecule has 1 aliphatic heterocycles. The van der Waals surface area contributed by atoms with Gasteiger partial charge in [-0.2, -0.15) is 0 Å². The van der Waals surface area contributed by atoms with Crippen molar-refractivity contribution in [3.05, 3.63) is 35.9 Å². The van der Waals surface area contributed by atoms with E-state index in [1.165, 1.54) is 5.56 Å². The highest BCUT2D eigenvalue weighted by Crippen LogP contribution is 2.18. The average molecular weight is 331 g/mol. The lowest BCUT2D eigenvalue weighted by Gasteiger charge is -2.32. The molecule has 5 heteroatoms. The van der Waals surface area contributed by atoms with E-state index in [1.807, 2.05) is 23.1 Å². The van der Waals surface area contributed by atoms with Crippen molar-refractivity contribution in [1.82, 2.24) is 15.5 Å². The Kier molecular flexibility index (Phi) is 6.79. The van der Waals surface area contributed by atoms with Crippen LogP contribution in [0.1, 0.15) is 45.1 Å². The highest BCUT2D eigenvalue weighted by atomic mass is 16.2. The van der Waals surface area contributed by atoms with Crippen molar-refractivity contribution in [3.8, 4) is 0 Å². The Morgan fingerprint density at radius 2 is 1.79 bits per heavy atom. The molecule has 1 heterocycles. The van der Waals surface area contributed by atoms with Gasteiger partial charge in [-0.05, 0) is 31.2 Å². The van der Waals surface area contributed by atoms with Crippen LogP contribution in [0.3, 0.4) is 0 Å². The van der Waals surface area contributed by atoms with Gasteiger partial charge in [-0.15, -0.1) is 0 Å². The van der Waals surface area contributed by atoms with Gasteiger partial charge in [0.25, 0.3) is 0 Å². The summed E-state index contributed by atoms with van der Waals surface area (Å²) in [5.41, 5.74) is 1.27. The summed E-state index contributed by atoms with van der Waals surface area (Å²) in [5, 5.41) is 6.39. The average Bonchev–Trinajstić information content (AvgIpc) is 2.60. The zero-order valence-corrected chi connectivity index (χ0v) is 14.9. The molecule has 0 saturated carbocycles. The number of carbonyl (C=O) groups is 2. The van der Waals surface area contributed by atoms with Gasteiger partial charge in [0.05, 0.1) is 6.54 Å². The van der Waals surface area contributed by atoms with Gasteiger partial charge in [-0.1, -0.05) is 37.3 Å². The molecule has 1 aromatic rings. The van der Waals surface area contributed by atoms with Gasteiger partial charge in [0.2, 0.25) is 11.8 Å². The molecule has 1 aromatic carbocycles. The molecule has 1 aliphatic rings. The Labute approximate surface area is 144 Å². The molecular weight excluding hydrogens is 302 g/mol. The number of amides is 2. The molecule has 1 saturated heterocycles. The van der Waals surface area contributed by atoms with Crippen LogP contribution in [0.5, 0.6) is 0 Å². The zero-order valence-electron chi connectivity index (χ0n) is 14.9. The van der Waals surface area contributed by atoms with Crippen molar-refractivity contribution in [3.63, 3.8) is 0 Å². The third-order valence-corrected chi connectivity index (χ3v) is 4.97. The van der Waals surface area contributed by atoms with E-state index in [9.17, 15) is 9.59 Å². The number of rotatable bonds is 6. The van der Waals surface area contributed by atoms with Crippen LogP contribution in [0, 0.1) is 0 Å². The van der Waals surface area contributed by atoms with E-state index >= 15 is 0 Å². The lowest BCUT2D eigenvalue weighted by molar-refractivity contribution is -0.130. The lowest BCUT2D eigenvalue weighted by atomic mass is 9.94. The van der Waals surface area contributed by atoms with Crippen LogP contribution in [-0.2, 0) is 9.59 Å². The molecule has 0 radical (unpaired) electrons. The van der Waals surface area contributed by atoms with Crippen LogP contribution < -0.4 is 10.6 Å². The fourth-order valence-electron chi connectivity index (χ4n) is 3.09. The summed E-state index contributed by atoms with van der Waals surface area (Å²) < 4.78 is 0. The SMILES string of the molecule is CC(=O)N1CCC(NC(=O)CN[C@H](C)[C@@H](C)c2ccccc2)CC1. The van der Waals surface area contributed by atoms with Crippen molar-refractivity contribution in [2.75, 3.05) is 19.6 Å². The van der Waals surface area contributed by atoms with Gasteiger partial charge in [-0.25, -0.2) is 0 Å². The number of nitrogens with zero attached hydrogens (tertiary/aromatic N) is 1. The second-order valence-corrected chi connectivity index (χ2v) is 6.72. The molecule has 2 amide bonds. The number of hydrogen-bond donors (Lipinski definition) is 2. The van der Waals surface area contributed by atoms with Gasteiger partial charge in [-0.3, -0.25) is 9.59 Å². The molecular formula is C19H29N3O2. The van der Waals surface area contributed by atoms with E-state index in [1.54, 1.807) is 6.92 Å². The summed E-state index contributed by atoms with van der Waals surface area (Å²) in [5.74, 6) is 0.492. The molecule has 5 nitrogen and oxygen atoms in total. The first-order valence-corrected chi connectivity index (χ1v) is 8.80. The number of hydrogen-bond acceptors (Lipinski definition) is 3. The minimum absolute atomic E-state index is 0.0309. The van der Waals surface area contributed by atoms with Crippen LogP contribution in [0.15, 0.2) is 30.3 Å². The van der Waals surface area contributed by atoms with Crippen molar-refractivity contribution in [1.29, 1.82) is 0 Å². The van der Waals surface area contributed by atoms with E-state index in [4.69, 9.17) is 0 Å². The molecule has 2 N–H and O–H groups in total. The second-order valence-electron chi connectivity index (χ2n) is 6.72. The van der Waals surface area contributed by atoms with E-state index < -0.39 is 0 Å². The predicted molar refractivity (Wildman–Crippen MR) is 95.7 cm³/mol. The van der Waals surface area contributed by atoms with Crippen LogP contribution in [0.4, 0.5) is 0 Å². The largest absolute Gasteiger partial charge is 0.352 e. The molecule has 2 atom stereocenters. The lowest BCUT2D eigenvalue weighted by Crippen LogP contribution is -2.48. The first kappa shape index (κ1) is 18.5. The van der Waals surface area contributed by atoms with Gasteiger partial charge < -0.3 is 15.5 Å². The Morgan fingerprint density at radius 3 is 2.38 bits per heavy atom. The number of benzene rings is 1. The van der Waals surface area contributed by atoms with E-state index in [-0.39, 0.29) is 23.9 Å². The van der Waals surface area contributed by atoms with Crippen LogP contribution in [0.25, 0.3) is 0 Å². The maximum absolute atomic E-state index is 12.1. The molecule has 0 bridgehead atoms. The van der Waals surface area contributed by atoms with Gasteiger partial charge in [0, 0.05) is 32.1 Å². The fraction of sp³-hybridized carbons (Fsp3) is 0.579. The molecule has 24 heavy (non-hydrogen) atoms. The zero-order chi connectivity index (χ0) is 17.5. The number of piperidine rings is 1. The second kappa shape index (κ2) is 8.83. The van der Waals surface area contributed by atoms with Crippen LogP contribution in [0.2, 0.25) is 0 Å². The Hall–Kier alpha value is -1.88. The van der Waals surface area contributed by atoms with Gasteiger partial charge >= 0.3 is 0 Å². The first-order valence-electron chi connectivity index (χ1n) is 8.80. The monoisotopic (exact) mass is 331 g/mol. The molecule has 0 spiro atoms. The highest BCUT2D eigenvalue weighted by Gasteiger charge is 2.22. The van der Waals surface area contributed by atoms with E-state index in [0.29, 0.717) is 12.5 Å². The molecule has 132 valence electrons. The third kappa shape index (κ3) is 5.34. The Balaban J connectivity index is 1.70. The van der Waals surface area contributed by atoms with Gasteiger partial charge in [0.15, 0.2) is 0 Å². The summed E-state index contributed by atoms with van der Waals surface area (Å²) in [4.78, 5) is 25.3. The van der Waals surface area contributed by atoms with Crippen molar-refractivity contribution < 1.29 is 9.59 Å². The first-order chi connectivity index (χ1) is 11.5. The molecule has 0 aromatic heterocycles. The number of nitrogens with one attached hydrogen (secondary N) is 2. The van der Waals surface area contributed by atoms with E-state index in [2.05, 4.69) is 36.6 Å². The smallest absolute Gasteiger partial charge is 0.234 e. The summed E-state index contributed by atoms with van der Waals surface area (Å²) in [6.07, 6.45) is 1.67. The molecule has 0 unspecified atom stereocenters. The standard InChI is InChI=1S/C19H29N3O2/c1-14(17-7-5-4-6-8-17)15(2)20-13-19(24)21-18-9-11-22(12-10-18)16(3)23/h4-8,14-15,18,20H,9-13H2,1-3H3,(H,21,24)/t14-,15-/m1/s1. The quantitative estimate of drug-likeness (QED) is 0.837. The molecule has 1 fully saturated rings. The van der Waals surface area contributed by atoms with Gasteiger partial charge in [0.1, 0.15) is 0 Å². The summed E-state index contributed by atoms with van der Waals surface area (Å²) in [6, 6.07) is 10.7. The normalized spacial score (nSPS) is 18.0. The predicted octanol–water partition coefficient (Wildman–Crippen LogP) is 1.90.